The van der Waals surface area contributed by atoms with Gasteiger partial charge in [-0.15, -0.1) is 0 Å². The zero-order valence-corrected chi connectivity index (χ0v) is 10.3. The topological polar surface area (TPSA) is 24.5 Å². The maximum absolute atomic E-state index is 6.00. The van der Waals surface area contributed by atoms with E-state index in [0.29, 0.717) is 6.04 Å². The maximum atomic E-state index is 6.00. The van der Waals surface area contributed by atoms with E-state index in [2.05, 4.69) is 31.1 Å². The summed E-state index contributed by atoms with van der Waals surface area (Å²) >= 11 is 0. The molecule has 0 saturated carbocycles. The standard InChI is InChI=1S/C12H24N2O/c1-10(2)6-11-7-12(8-13-11)9-14(3)4-5-15-12/h10-11,13H,4-9H2,1-3H3. The van der Waals surface area contributed by atoms with E-state index in [-0.39, 0.29) is 5.60 Å². The molecule has 0 amide bonds. The zero-order valence-electron chi connectivity index (χ0n) is 10.3. The summed E-state index contributed by atoms with van der Waals surface area (Å²) in [5.74, 6) is 0.777. The molecule has 2 aliphatic rings. The van der Waals surface area contributed by atoms with Crippen LogP contribution >= 0.6 is 0 Å². The first-order valence-electron chi connectivity index (χ1n) is 6.15. The van der Waals surface area contributed by atoms with Gasteiger partial charge in [0.15, 0.2) is 0 Å². The third kappa shape index (κ3) is 2.71. The summed E-state index contributed by atoms with van der Waals surface area (Å²) in [7, 11) is 2.19. The van der Waals surface area contributed by atoms with Gasteiger partial charge in [0.25, 0.3) is 0 Å². The van der Waals surface area contributed by atoms with Crippen molar-refractivity contribution in [3.05, 3.63) is 0 Å². The van der Waals surface area contributed by atoms with Gasteiger partial charge in [-0.05, 0) is 25.8 Å². The van der Waals surface area contributed by atoms with E-state index in [1.54, 1.807) is 0 Å². The normalized spacial score (nSPS) is 38.0. The molecule has 3 heteroatoms. The highest BCUT2D eigenvalue weighted by molar-refractivity contribution is 4.99. The zero-order chi connectivity index (χ0) is 10.9. The first-order valence-corrected chi connectivity index (χ1v) is 6.15. The van der Waals surface area contributed by atoms with Crippen LogP contribution in [0.15, 0.2) is 0 Å². The van der Waals surface area contributed by atoms with Crippen LogP contribution in [0.5, 0.6) is 0 Å². The van der Waals surface area contributed by atoms with Crippen molar-refractivity contribution in [2.45, 2.75) is 38.3 Å². The number of nitrogens with one attached hydrogen (secondary N) is 1. The molecule has 2 aliphatic heterocycles. The van der Waals surface area contributed by atoms with E-state index in [1.165, 1.54) is 12.8 Å². The smallest absolute Gasteiger partial charge is 0.0947 e. The Kier molecular flexibility index (Phi) is 3.33. The van der Waals surface area contributed by atoms with Crippen LogP contribution in [0.4, 0.5) is 0 Å². The van der Waals surface area contributed by atoms with Gasteiger partial charge in [-0.25, -0.2) is 0 Å². The Balaban J connectivity index is 1.89. The fraction of sp³-hybridized carbons (Fsp3) is 1.00. The summed E-state index contributed by atoms with van der Waals surface area (Å²) in [6, 6.07) is 0.663. The number of morpholine rings is 1. The molecule has 0 bridgehead atoms. The summed E-state index contributed by atoms with van der Waals surface area (Å²) in [5, 5.41) is 3.62. The summed E-state index contributed by atoms with van der Waals surface area (Å²) < 4.78 is 6.00. The monoisotopic (exact) mass is 212 g/mol. The molecule has 0 aromatic carbocycles. The second kappa shape index (κ2) is 4.40. The predicted molar refractivity (Wildman–Crippen MR) is 62.0 cm³/mol. The van der Waals surface area contributed by atoms with Crippen LogP contribution in [0.3, 0.4) is 0 Å². The Morgan fingerprint density at radius 3 is 3.00 bits per heavy atom. The molecule has 88 valence electrons. The number of hydrogen-bond acceptors (Lipinski definition) is 3. The van der Waals surface area contributed by atoms with Gasteiger partial charge in [0, 0.05) is 25.7 Å². The summed E-state index contributed by atoms with van der Waals surface area (Å²) in [6.07, 6.45) is 2.46. The highest BCUT2D eigenvalue weighted by Gasteiger charge is 2.42. The molecule has 3 nitrogen and oxygen atoms in total. The largest absolute Gasteiger partial charge is 0.371 e. The number of nitrogens with zero attached hydrogens (tertiary/aromatic N) is 1. The van der Waals surface area contributed by atoms with Crippen molar-refractivity contribution in [1.82, 2.24) is 10.2 Å². The lowest BCUT2D eigenvalue weighted by Gasteiger charge is -2.38. The minimum atomic E-state index is 0.118. The molecule has 0 aromatic heterocycles. The molecule has 1 N–H and O–H groups in total. The molecule has 2 fully saturated rings. The van der Waals surface area contributed by atoms with Crippen molar-refractivity contribution in [2.24, 2.45) is 5.92 Å². The van der Waals surface area contributed by atoms with Gasteiger partial charge in [0.1, 0.15) is 0 Å². The van der Waals surface area contributed by atoms with E-state index in [9.17, 15) is 0 Å². The second-order valence-electron chi connectivity index (χ2n) is 5.68. The maximum Gasteiger partial charge on any atom is 0.0947 e. The highest BCUT2D eigenvalue weighted by atomic mass is 16.5. The summed E-state index contributed by atoms with van der Waals surface area (Å²) in [4.78, 5) is 2.39. The van der Waals surface area contributed by atoms with Crippen molar-refractivity contribution >= 4 is 0 Å². The van der Waals surface area contributed by atoms with Crippen LogP contribution in [0, 0.1) is 5.92 Å². The number of hydrogen-bond donors (Lipinski definition) is 1. The van der Waals surface area contributed by atoms with Crippen LogP contribution < -0.4 is 5.32 Å². The Labute approximate surface area is 93.2 Å². The van der Waals surface area contributed by atoms with Gasteiger partial charge >= 0.3 is 0 Å². The minimum absolute atomic E-state index is 0.118. The van der Waals surface area contributed by atoms with Gasteiger partial charge in [0.2, 0.25) is 0 Å². The van der Waals surface area contributed by atoms with Crippen LogP contribution in [-0.2, 0) is 4.74 Å². The molecule has 2 heterocycles. The Hall–Kier alpha value is -0.120. The Morgan fingerprint density at radius 1 is 1.53 bits per heavy atom. The molecule has 0 radical (unpaired) electrons. The highest BCUT2D eigenvalue weighted by Crippen LogP contribution is 2.29. The first-order chi connectivity index (χ1) is 7.10. The quantitative estimate of drug-likeness (QED) is 0.742. The Morgan fingerprint density at radius 2 is 2.33 bits per heavy atom. The molecule has 2 atom stereocenters. The molecule has 0 aromatic rings. The lowest BCUT2D eigenvalue weighted by Crippen LogP contribution is -2.51. The van der Waals surface area contributed by atoms with E-state index >= 15 is 0 Å². The van der Waals surface area contributed by atoms with E-state index in [1.807, 2.05) is 0 Å². The van der Waals surface area contributed by atoms with Crippen LogP contribution in [0.1, 0.15) is 26.7 Å². The van der Waals surface area contributed by atoms with Crippen molar-refractivity contribution in [2.75, 3.05) is 33.3 Å². The number of ether oxygens (including phenoxy) is 1. The molecule has 15 heavy (non-hydrogen) atoms. The predicted octanol–water partition coefficient (Wildman–Crippen LogP) is 1.10. The van der Waals surface area contributed by atoms with Crippen LogP contribution in [0.25, 0.3) is 0 Å². The van der Waals surface area contributed by atoms with Crippen LogP contribution in [0.2, 0.25) is 0 Å². The third-order valence-corrected chi connectivity index (χ3v) is 3.53. The summed E-state index contributed by atoms with van der Waals surface area (Å²) in [5.41, 5.74) is 0.118. The molecule has 1 spiro atoms. The van der Waals surface area contributed by atoms with Crippen molar-refractivity contribution in [1.29, 1.82) is 0 Å². The number of likely N-dealkylation sites (N-methyl/N-ethyl adjacent to an activating group) is 1. The fourth-order valence-electron chi connectivity index (χ4n) is 2.92. The SMILES string of the molecule is CC(C)CC1CC2(CN1)CN(C)CCO2. The molecule has 2 unspecified atom stereocenters. The van der Waals surface area contributed by atoms with Crippen molar-refractivity contribution in [3.63, 3.8) is 0 Å². The second-order valence-corrected chi connectivity index (χ2v) is 5.68. The van der Waals surface area contributed by atoms with Gasteiger partial charge in [-0.1, -0.05) is 13.8 Å². The van der Waals surface area contributed by atoms with Gasteiger partial charge < -0.3 is 15.0 Å². The molecular formula is C12H24N2O. The van der Waals surface area contributed by atoms with Crippen molar-refractivity contribution in [3.8, 4) is 0 Å². The third-order valence-electron chi connectivity index (χ3n) is 3.53. The van der Waals surface area contributed by atoms with Gasteiger partial charge in [0.05, 0.1) is 12.2 Å². The average Bonchev–Trinajstić information content (AvgIpc) is 2.47. The Bertz CT molecular complexity index is 220. The lowest BCUT2D eigenvalue weighted by atomic mass is 9.94. The van der Waals surface area contributed by atoms with E-state index < -0.39 is 0 Å². The molecule has 0 aliphatic carbocycles. The fourth-order valence-corrected chi connectivity index (χ4v) is 2.92. The first kappa shape index (κ1) is 11.4. The molecule has 2 rings (SSSR count). The van der Waals surface area contributed by atoms with Crippen molar-refractivity contribution < 1.29 is 4.74 Å². The molecule has 2 saturated heterocycles. The van der Waals surface area contributed by atoms with Gasteiger partial charge in [-0.3, -0.25) is 0 Å². The van der Waals surface area contributed by atoms with E-state index in [0.717, 1.165) is 32.2 Å². The lowest BCUT2D eigenvalue weighted by molar-refractivity contribution is -0.0911. The minimum Gasteiger partial charge on any atom is -0.371 e. The van der Waals surface area contributed by atoms with Crippen LogP contribution in [-0.4, -0.2) is 49.8 Å². The van der Waals surface area contributed by atoms with E-state index in [4.69, 9.17) is 4.74 Å². The number of rotatable bonds is 2. The summed E-state index contributed by atoms with van der Waals surface area (Å²) in [6.45, 7) is 8.69. The molecular weight excluding hydrogens is 188 g/mol. The average molecular weight is 212 g/mol. The van der Waals surface area contributed by atoms with Gasteiger partial charge in [-0.2, -0.15) is 0 Å².